The maximum Gasteiger partial charge on any atom is 0.407 e. The fraction of sp³-hybridized carbons (Fsp3) is 0.258. The molecule has 0 bridgehead atoms. The lowest BCUT2D eigenvalue weighted by Crippen LogP contribution is -2.50. The second-order valence-electron chi connectivity index (χ2n) is 10.4. The molecule has 0 spiro atoms. The van der Waals surface area contributed by atoms with Crippen LogP contribution in [0, 0.1) is 0 Å². The summed E-state index contributed by atoms with van der Waals surface area (Å²) in [4.78, 5) is 52.9. The number of carbonyl (C=O) groups excluding carboxylic acids is 3. The summed E-state index contributed by atoms with van der Waals surface area (Å²) in [5, 5.41) is 21.9. The summed E-state index contributed by atoms with van der Waals surface area (Å²) in [6.45, 7) is -2.18. The van der Waals surface area contributed by atoms with Crippen LogP contribution in [0.4, 0.5) is 19.3 Å². The summed E-state index contributed by atoms with van der Waals surface area (Å²) in [6.07, 6.45) is -0.955. The summed E-state index contributed by atoms with van der Waals surface area (Å²) < 4.78 is 31.9. The second kappa shape index (κ2) is 13.4. The third-order valence-electron chi connectivity index (χ3n) is 7.22. The number of amides is 3. The molecule has 45 heavy (non-hydrogen) atoms. The predicted molar refractivity (Wildman–Crippen MR) is 160 cm³/mol. The van der Waals surface area contributed by atoms with Crippen LogP contribution < -0.4 is 26.6 Å². The molecule has 0 radical (unpaired) electrons. The average molecular weight is 621 g/mol. The number of fused-ring (bicyclic) bond motifs is 3. The van der Waals surface area contributed by atoms with E-state index in [0.717, 1.165) is 22.3 Å². The fourth-order valence-corrected chi connectivity index (χ4v) is 5.00. The molecule has 0 aromatic heterocycles. The molecule has 6 N–H and O–H groups in total. The summed E-state index contributed by atoms with van der Waals surface area (Å²) in [5.41, 5.74) is 4.68. The number of anilines is 1. The second-order valence-corrected chi connectivity index (χ2v) is 10.4. The minimum atomic E-state index is -2.94. The van der Waals surface area contributed by atoms with E-state index in [4.69, 9.17) is 4.74 Å². The number of alkyl carbamates (subject to hydrolysis) is 1. The van der Waals surface area contributed by atoms with Gasteiger partial charge in [0.05, 0.1) is 13.1 Å². The van der Waals surface area contributed by atoms with Crippen LogP contribution >= 0.6 is 0 Å². The Labute approximate surface area is 256 Å². The molecule has 1 atom stereocenters. The number of carboxylic acid groups (broad SMARTS) is 1. The highest BCUT2D eigenvalue weighted by Gasteiger charge is 2.32. The SMILES string of the molecule is O=C(CNC(=O)c1cccc(NC2=NCC(F)(F)CN2)c1)NC[C@@H](NC(=O)OCC1c2ccccc2-c2ccccc21)C(=O)O. The summed E-state index contributed by atoms with van der Waals surface area (Å²) in [6, 6.07) is 20.2. The van der Waals surface area contributed by atoms with E-state index in [9.17, 15) is 33.1 Å². The van der Waals surface area contributed by atoms with E-state index in [2.05, 4.69) is 31.6 Å². The number of carbonyl (C=O) groups is 4. The lowest BCUT2D eigenvalue weighted by molar-refractivity contribution is -0.139. The van der Waals surface area contributed by atoms with Crippen LogP contribution in [0.5, 0.6) is 0 Å². The molecule has 14 heteroatoms. The molecule has 3 aromatic carbocycles. The van der Waals surface area contributed by atoms with Gasteiger partial charge in [0.1, 0.15) is 19.2 Å². The van der Waals surface area contributed by atoms with Gasteiger partial charge in [-0.2, -0.15) is 0 Å². The molecule has 2 aliphatic rings. The molecule has 0 unspecified atom stereocenters. The van der Waals surface area contributed by atoms with Crippen molar-refractivity contribution in [3.8, 4) is 11.1 Å². The Kier molecular flexibility index (Phi) is 9.21. The molecule has 0 saturated heterocycles. The van der Waals surface area contributed by atoms with Crippen LogP contribution in [0.2, 0.25) is 0 Å². The minimum absolute atomic E-state index is 0.0120. The fourth-order valence-electron chi connectivity index (χ4n) is 5.00. The van der Waals surface area contributed by atoms with Crippen LogP contribution in [0.3, 0.4) is 0 Å². The molecule has 5 rings (SSSR count). The highest BCUT2D eigenvalue weighted by molar-refractivity contribution is 5.99. The largest absolute Gasteiger partial charge is 0.480 e. The summed E-state index contributed by atoms with van der Waals surface area (Å²) in [5.74, 6) is -5.70. The third-order valence-corrected chi connectivity index (χ3v) is 7.22. The molecule has 0 fully saturated rings. The average Bonchev–Trinajstić information content (AvgIpc) is 3.35. The quantitative estimate of drug-likeness (QED) is 0.201. The van der Waals surface area contributed by atoms with Crippen LogP contribution in [-0.2, 0) is 14.3 Å². The number of aliphatic imine (C=N–C) groups is 1. The number of rotatable bonds is 10. The van der Waals surface area contributed by atoms with Crippen LogP contribution in [0.1, 0.15) is 27.4 Å². The number of hydrogen-bond donors (Lipinski definition) is 6. The maximum atomic E-state index is 13.3. The van der Waals surface area contributed by atoms with Gasteiger partial charge in [-0.3, -0.25) is 9.59 Å². The Morgan fingerprint density at radius 2 is 1.67 bits per heavy atom. The van der Waals surface area contributed by atoms with E-state index in [0.29, 0.717) is 5.69 Å². The standard InChI is InChI=1S/C31H30F2N6O6/c32-31(33)16-36-29(37-17-31)38-19-7-5-6-18(12-19)27(41)35-14-26(40)34-13-25(28(42)43)39-30(44)45-15-24-22-10-3-1-8-20(22)21-9-2-4-11-23(21)24/h1-12,24-25H,13-17H2,(H,34,40)(H,35,41)(H,39,44)(H,42,43)(H2,36,37,38)/t25-/m1/s1. The number of aliphatic carboxylic acids is 1. The highest BCUT2D eigenvalue weighted by atomic mass is 19.3. The molecule has 0 saturated carbocycles. The van der Waals surface area contributed by atoms with Crippen molar-refractivity contribution in [2.45, 2.75) is 17.9 Å². The van der Waals surface area contributed by atoms with Gasteiger partial charge in [-0.15, -0.1) is 0 Å². The van der Waals surface area contributed by atoms with Gasteiger partial charge < -0.3 is 36.4 Å². The maximum absolute atomic E-state index is 13.3. The minimum Gasteiger partial charge on any atom is -0.480 e. The lowest BCUT2D eigenvalue weighted by atomic mass is 9.98. The Hall–Kier alpha value is -5.53. The van der Waals surface area contributed by atoms with Gasteiger partial charge in [-0.05, 0) is 40.5 Å². The van der Waals surface area contributed by atoms with Crippen molar-refractivity contribution in [2.24, 2.45) is 4.99 Å². The topological polar surface area (TPSA) is 170 Å². The number of nitrogens with one attached hydrogen (secondary N) is 5. The molecular weight excluding hydrogens is 590 g/mol. The van der Waals surface area contributed by atoms with Gasteiger partial charge in [0.25, 0.3) is 11.8 Å². The monoisotopic (exact) mass is 620 g/mol. The van der Waals surface area contributed by atoms with Gasteiger partial charge >= 0.3 is 12.1 Å². The van der Waals surface area contributed by atoms with Crippen molar-refractivity contribution in [3.05, 3.63) is 89.5 Å². The van der Waals surface area contributed by atoms with Crippen molar-refractivity contribution in [3.63, 3.8) is 0 Å². The van der Waals surface area contributed by atoms with E-state index in [1.165, 1.54) is 12.1 Å². The molecule has 3 aromatic rings. The first-order valence-corrected chi connectivity index (χ1v) is 14.0. The molecular formula is C31H30F2N6O6. The summed E-state index contributed by atoms with van der Waals surface area (Å²) in [7, 11) is 0. The van der Waals surface area contributed by atoms with E-state index >= 15 is 0 Å². The Morgan fingerprint density at radius 3 is 2.31 bits per heavy atom. The van der Waals surface area contributed by atoms with Gasteiger partial charge in [0.15, 0.2) is 5.96 Å². The molecule has 1 aliphatic carbocycles. The number of hydrogen-bond acceptors (Lipinski definition) is 8. The molecule has 1 heterocycles. The highest BCUT2D eigenvalue weighted by Crippen LogP contribution is 2.44. The molecule has 234 valence electrons. The van der Waals surface area contributed by atoms with E-state index in [-0.39, 0.29) is 24.0 Å². The zero-order valence-corrected chi connectivity index (χ0v) is 23.8. The molecule has 1 aliphatic heterocycles. The van der Waals surface area contributed by atoms with Crippen LogP contribution in [0.15, 0.2) is 77.8 Å². The first-order valence-electron chi connectivity index (χ1n) is 14.0. The van der Waals surface area contributed by atoms with Crippen molar-refractivity contribution >= 4 is 35.5 Å². The zero-order chi connectivity index (χ0) is 32.0. The Bertz CT molecular complexity index is 1600. The van der Waals surface area contributed by atoms with Gasteiger partial charge in [-0.1, -0.05) is 54.6 Å². The van der Waals surface area contributed by atoms with E-state index in [1.54, 1.807) is 12.1 Å². The molecule has 12 nitrogen and oxygen atoms in total. The number of halogens is 2. The van der Waals surface area contributed by atoms with Crippen molar-refractivity contribution in [2.75, 3.05) is 38.1 Å². The number of carboxylic acids is 1. The first kappa shape index (κ1) is 30.9. The van der Waals surface area contributed by atoms with Crippen molar-refractivity contribution in [1.29, 1.82) is 0 Å². The van der Waals surface area contributed by atoms with Crippen LogP contribution in [-0.4, -0.2) is 79.7 Å². The van der Waals surface area contributed by atoms with Gasteiger partial charge in [-0.25, -0.2) is 23.4 Å². The van der Waals surface area contributed by atoms with Crippen molar-refractivity contribution < 1.29 is 37.8 Å². The first-order chi connectivity index (χ1) is 21.6. The van der Waals surface area contributed by atoms with Gasteiger partial charge in [0.2, 0.25) is 5.91 Å². The zero-order valence-electron chi connectivity index (χ0n) is 23.8. The number of alkyl halides is 2. The van der Waals surface area contributed by atoms with E-state index < -0.39 is 62.0 Å². The van der Waals surface area contributed by atoms with Crippen LogP contribution in [0.25, 0.3) is 11.1 Å². The summed E-state index contributed by atoms with van der Waals surface area (Å²) >= 11 is 0. The number of ether oxygens (including phenoxy) is 1. The number of guanidine groups is 1. The van der Waals surface area contributed by atoms with Gasteiger partial charge in [0, 0.05) is 23.7 Å². The van der Waals surface area contributed by atoms with E-state index in [1.807, 2.05) is 48.5 Å². The smallest absolute Gasteiger partial charge is 0.407 e. The predicted octanol–water partition coefficient (Wildman–Crippen LogP) is 2.53. The molecule has 3 amide bonds. The normalized spacial score (nSPS) is 15.3. The number of nitrogens with zero attached hydrogens (tertiary/aromatic N) is 1. The van der Waals surface area contributed by atoms with Crippen molar-refractivity contribution in [1.82, 2.24) is 21.3 Å². The number of benzene rings is 3. The Balaban J connectivity index is 1.07. The third kappa shape index (κ3) is 7.71. The lowest BCUT2D eigenvalue weighted by Gasteiger charge is -2.23. The Morgan fingerprint density at radius 1 is 0.978 bits per heavy atom.